The third kappa shape index (κ3) is 2.21. The number of fused-ring (bicyclic) bond motifs is 1. The maximum Gasteiger partial charge on any atom is 0.201 e. The van der Waals surface area contributed by atoms with Gasteiger partial charge in [-0.2, -0.15) is 11.8 Å². The van der Waals surface area contributed by atoms with Crippen LogP contribution in [-0.2, 0) is 6.54 Å². The van der Waals surface area contributed by atoms with E-state index >= 15 is 0 Å². The lowest BCUT2D eigenvalue weighted by atomic mass is 10.0. The first-order valence-electron chi connectivity index (χ1n) is 6.54. The molecule has 0 aliphatic carbocycles. The van der Waals surface area contributed by atoms with Gasteiger partial charge in [-0.3, -0.25) is 0 Å². The van der Waals surface area contributed by atoms with Crippen molar-refractivity contribution in [2.45, 2.75) is 26.3 Å². The molecular formula is C14H19N3S. The molecule has 3 rings (SSSR count). The highest BCUT2D eigenvalue weighted by molar-refractivity contribution is 7.99. The Bertz CT molecular complexity index is 555. The summed E-state index contributed by atoms with van der Waals surface area (Å²) in [7, 11) is 0. The van der Waals surface area contributed by atoms with Crippen molar-refractivity contribution >= 4 is 28.7 Å². The van der Waals surface area contributed by atoms with Crippen LogP contribution in [0, 0.1) is 12.8 Å². The van der Waals surface area contributed by atoms with Gasteiger partial charge in [0.25, 0.3) is 0 Å². The molecule has 2 heterocycles. The normalized spacial score (nSPS) is 17.4. The zero-order valence-electron chi connectivity index (χ0n) is 10.7. The number of nitrogen functional groups attached to an aromatic ring is 1. The van der Waals surface area contributed by atoms with Crippen LogP contribution in [0.1, 0.15) is 18.4 Å². The quantitative estimate of drug-likeness (QED) is 0.903. The fourth-order valence-electron chi connectivity index (χ4n) is 2.63. The highest BCUT2D eigenvalue weighted by Crippen LogP contribution is 2.27. The average molecular weight is 261 g/mol. The molecule has 0 radical (unpaired) electrons. The van der Waals surface area contributed by atoms with E-state index in [1.165, 1.54) is 35.4 Å². The van der Waals surface area contributed by atoms with Gasteiger partial charge in [0.15, 0.2) is 0 Å². The number of benzene rings is 1. The molecule has 0 bridgehead atoms. The number of hydrogen-bond donors (Lipinski definition) is 1. The first-order chi connectivity index (χ1) is 8.74. The molecule has 0 saturated carbocycles. The molecule has 4 heteroatoms. The molecule has 2 N–H and O–H groups in total. The van der Waals surface area contributed by atoms with Crippen LogP contribution in [0.25, 0.3) is 11.0 Å². The second-order valence-corrected chi connectivity index (χ2v) is 6.35. The number of imidazole rings is 1. The molecule has 0 atom stereocenters. The highest BCUT2D eigenvalue weighted by Gasteiger charge is 2.17. The summed E-state index contributed by atoms with van der Waals surface area (Å²) in [6, 6.07) is 6.35. The monoisotopic (exact) mass is 261 g/mol. The third-order valence-corrected chi connectivity index (χ3v) is 4.76. The Morgan fingerprint density at radius 2 is 2.17 bits per heavy atom. The molecule has 1 aromatic carbocycles. The Hall–Kier alpha value is -1.16. The maximum atomic E-state index is 6.07. The molecule has 1 fully saturated rings. The van der Waals surface area contributed by atoms with Crippen molar-refractivity contribution in [2.75, 3.05) is 17.2 Å². The molecule has 1 aromatic heterocycles. The second kappa shape index (κ2) is 4.84. The predicted octanol–water partition coefficient (Wildman–Crippen LogP) is 3.07. The molecule has 1 aliphatic rings. The summed E-state index contributed by atoms with van der Waals surface area (Å²) < 4.78 is 2.20. The van der Waals surface area contributed by atoms with Gasteiger partial charge in [-0.15, -0.1) is 0 Å². The molecular weight excluding hydrogens is 242 g/mol. The van der Waals surface area contributed by atoms with E-state index in [2.05, 4.69) is 46.4 Å². The van der Waals surface area contributed by atoms with Crippen molar-refractivity contribution in [2.24, 2.45) is 5.92 Å². The second-order valence-electron chi connectivity index (χ2n) is 5.13. The van der Waals surface area contributed by atoms with Crippen molar-refractivity contribution < 1.29 is 0 Å². The summed E-state index contributed by atoms with van der Waals surface area (Å²) in [6.45, 7) is 3.14. The first-order valence-corrected chi connectivity index (χ1v) is 7.69. The van der Waals surface area contributed by atoms with Crippen LogP contribution in [0.4, 0.5) is 5.95 Å². The van der Waals surface area contributed by atoms with Gasteiger partial charge in [0, 0.05) is 6.54 Å². The van der Waals surface area contributed by atoms with Crippen molar-refractivity contribution in [1.82, 2.24) is 9.55 Å². The van der Waals surface area contributed by atoms with Crippen molar-refractivity contribution in [3.05, 3.63) is 23.8 Å². The van der Waals surface area contributed by atoms with Crippen molar-refractivity contribution in [1.29, 1.82) is 0 Å². The fourth-order valence-corrected chi connectivity index (χ4v) is 3.83. The van der Waals surface area contributed by atoms with Crippen LogP contribution >= 0.6 is 11.8 Å². The van der Waals surface area contributed by atoms with E-state index in [0.717, 1.165) is 18.0 Å². The number of anilines is 1. The Balaban J connectivity index is 1.94. The van der Waals surface area contributed by atoms with Gasteiger partial charge in [-0.1, -0.05) is 6.07 Å². The van der Waals surface area contributed by atoms with E-state index in [-0.39, 0.29) is 0 Å². The number of hydrogen-bond acceptors (Lipinski definition) is 3. The minimum Gasteiger partial charge on any atom is -0.369 e. The summed E-state index contributed by atoms with van der Waals surface area (Å²) in [5, 5.41) is 0. The van der Waals surface area contributed by atoms with Gasteiger partial charge in [-0.25, -0.2) is 4.98 Å². The lowest BCUT2D eigenvalue weighted by molar-refractivity contribution is 0.425. The van der Waals surface area contributed by atoms with Crippen molar-refractivity contribution in [3.8, 4) is 0 Å². The number of rotatable bonds is 2. The van der Waals surface area contributed by atoms with E-state index < -0.39 is 0 Å². The van der Waals surface area contributed by atoms with Crippen LogP contribution in [0.15, 0.2) is 18.2 Å². The average Bonchev–Trinajstić information content (AvgIpc) is 2.67. The Labute approximate surface area is 112 Å². The SMILES string of the molecule is Cc1ccc2nc(N)n(CC3CCSCC3)c2c1. The molecule has 18 heavy (non-hydrogen) atoms. The van der Waals surface area contributed by atoms with Gasteiger partial charge in [-0.05, 0) is 54.9 Å². The van der Waals surface area contributed by atoms with Gasteiger partial charge in [0.05, 0.1) is 11.0 Å². The molecule has 0 spiro atoms. The van der Waals surface area contributed by atoms with E-state index in [4.69, 9.17) is 5.73 Å². The zero-order chi connectivity index (χ0) is 12.5. The van der Waals surface area contributed by atoms with E-state index in [0.29, 0.717) is 5.95 Å². The smallest absolute Gasteiger partial charge is 0.201 e. The summed E-state index contributed by atoms with van der Waals surface area (Å²) in [4.78, 5) is 4.46. The third-order valence-electron chi connectivity index (χ3n) is 3.71. The standard InChI is InChI=1S/C14H19N3S/c1-10-2-3-12-13(8-10)17(14(15)16-12)9-11-4-6-18-7-5-11/h2-3,8,11H,4-7,9H2,1H3,(H2,15,16). The Morgan fingerprint density at radius 1 is 1.39 bits per heavy atom. The Kier molecular flexibility index (Phi) is 3.20. The number of thioether (sulfide) groups is 1. The van der Waals surface area contributed by atoms with Crippen LogP contribution < -0.4 is 5.73 Å². The van der Waals surface area contributed by atoms with Crippen LogP contribution in [-0.4, -0.2) is 21.1 Å². The molecule has 2 aromatic rings. The van der Waals surface area contributed by atoms with Crippen LogP contribution in [0.5, 0.6) is 0 Å². The van der Waals surface area contributed by atoms with E-state index in [1.54, 1.807) is 0 Å². The molecule has 96 valence electrons. The van der Waals surface area contributed by atoms with Gasteiger partial charge < -0.3 is 10.3 Å². The molecule has 3 nitrogen and oxygen atoms in total. The van der Waals surface area contributed by atoms with Gasteiger partial charge >= 0.3 is 0 Å². The first kappa shape index (κ1) is 11.9. The topological polar surface area (TPSA) is 43.8 Å². The number of nitrogens with zero attached hydrogens (tertiary/aromatic N) is 2. The van der Waals surface area contributed by atoms with Gasteiger partial charge in [0.1, 0.15) is 0 Å². The summed E-state index contributed by atoms with van der Waals surface area (Å²) in [6.07, 6.45) is 2.60. The molecule has 1 saturated heterocycles. The van der Waals surface area contributed by atoms with Gasteiger partial charge in [0.2, 0.25) is 5.95 Å². The molecule has 0 unspecified atom stereocenters. The summed E-state index contributed by atoms with van der Waals surface area (Å²) >= 11 is 2.07. The lowest BCUT2D eigenvalue weighted by Gasteiger charge is -2.22. The van der Waals surface area contributed by atoms with Crippen LogP contribution in [0.2, 0.25) is 0 Å². The minimum absolute atomic E-state index is 0.661. The summed E-state index contributed by atoms with van der Waals surface area (Å²) in [5.41, 5.74) is 9.54. The summed E-state index contributed by atoms with van der Waals surface area (Å²) in [5.74, 6) is 3.99. The predicted molar refractivity (Wildman–Crippen MR) is 78.9 cm³/mol. The number of aryl methyl sites for hydroxylation is 1. The molecule has 0 amide bonds. The molecule has 1 aliphatic heterocycles. The number of aromatic nitrogens is 2. The minimum atomic E-state index is 0.661. The van der Waals surface area contributed by atoms with Crippen LogP contribution in [0.3, 0.4) is 0 Å². The Morgan fingerprint density at radius 3 is 2.94 bits per heavy atom. The highest BCUT2D eigenvalue weighted by atomic mass is 32.2. The van der Waals surface area contributed by atoms with E-state index in [1.807, 2.05) is 0 Å². The number of nitrogens with two attached hydrogens (primary N) is 1. The van der Waals surface area contributed by atoms with E-state index in [9.17, 15) is 0 Å². The lowest BCUT2D eigenvalue weighted by Crippen LogP contribution is -2.17. The zero-order valence-corrected chi connectivity index (χ0v) is 11.5. The largest absolute Gasteiger partial charge is 0.369 e. The fraction of sp³-hybridized carbons (Fsp3) is 0.500. The van der Waals surface area contributed by atoms with Crippen molar-refractivity contribution in [3.63, 3.8) is 0 Å². The maximum absolute atomic E-state index is 6.07.